The number of carbonyl (C=O) groups excluding carboxylic acids is 2. The van der Waals surface area contributed by atoms with Crippen LogP contribution in [0, 0.1) is 6.92 Å². The Morgan fingerprint density at radius 3 is 2.55 bits per heavy atom. The monoisotopic (exact) mass is 593 g/mol. The first-order chi connectivity index (χ1) is 21.5. The van der Waals surface area contributed by atoms with Crippen LogP contribution in [0.2, 0.25) is 0 Å². The Morgan fingerprint density at radius 2 is 1.80 bits per heavy atom. The topological polar surface area (TPSA) is 81.4 Å². The highest BCUT2D eigenvalue weighted by Crippen LogP contribution is 2.46. The number of hydrogen-bond acceptors (Lipinski definition) is 4. The minimum absolute atomic E-state index is 0. The van der Waals surface area contributed by atoms with Crippen molar-refractivity contribution in [2.24, 2.45) is 7.05 Å². The molecule has 2 amide bonds. The highest BCUT2D eigenvalue weighted by Gasteiger charge is 2.31. The number of carbonyl (C=O) groups is 2. The Hall–Kier alpha value is -4.17. The minimum atomic E-state index is -0.129. The molecule has 2 aliphatic heterocycles. The zero-order chi connectivity index (χ0) is 30.2. The van der Waals surface area contributed by atoms with E-state index >= 15 is 0 Å². The summed E-state index contributed by atoms with van der Waals surface area (Å²) in [5.41, 5.74) is 9.08. The molecule has 1 saturated heterocycles. The number of nitrogens with one attached hydrogen (secondary N) is 1. The molecule has 0 radical (unpaired) electrons. The van der Waals surface area contributed by atoms with Gasteiger partial charge in [-0.05, 0) is 61.1 Å². The third-order valence-electron chi connectivity index (χ3n) is 9.67. The van der Waals surface area contributed by atoms with E-state index in [0.29, 0.717) is 50.9 Å². The maximum absolute atomic E-state index is 14.0. The summed E-state index contributed by atoms with van der Waals surface area (Å²) in [5.74, 6) is 0.372. The molecular weight excluding hydrogens is 550 g/mol. The van der Waals surface area contributed by atoms with Crippen LogP contribution in [0.4, 0.5) is 0 Å². The lowest BCUT2D eigenvalue weighted by Gasteiger charge is -2.28. The number of benzene rings is 2. The Kier molecular flexibility index (Phi) is 7.85. The fraction of sp³-hybridized carbons (Fsp3) is 0.417. The quantitative estimate of drug-likeness (QED) is 0.279. The van der Waals surface area contributed by atoms with Crippen LogP contribution in [0.3, 0.4) is 0 Å². The predicted octanol–water partition coefficient (Wildman–Crippen LogP) is 6.22. The number of nitrogens with zero attached hydrogens (tertiary/aromatic N) is 4. The van der Waals surface area contributed by atoms with Gasteiger partial charge >= 0.3 is 0 Å². The summed E-state index contributed by atoms with van der Waals surface area (Å²) in [7, 11) is 1.91. The largest absolute Gasteiger partial charge is 0.378 e. The van der Waals surface area contributed by atoms with Gasteiger partial charge in [0.25, 0.3) is 11.8 Å². The third-order valence-corrected chi connectivity index (χ3v) is 9.67. The van der Waals surface area contributed by atoms with Crippen LogP contribution >= 0.6 is 0 Å². The highest BCUT2D eigenvalue weighted by molar-refractivity contribution is 6.04. The summed E-state index contributed by atoms with van der Waals surface area (Å²) in [6, 6.07) is 16.6. The number of aromatic nitrogens is 3. The number of aryl methyl sites for hydroxylation is 2. The number of morpholine rings is 1. The summed E-state index contributed by atoms with van der Waals surface area (Å²) in [5, 5.41) is 8.75. The lowest BCUT2D eigenvalue weighted by molar-refractivity contribution is -0.131. The zero-order valence-electron chi connectivity index (χ0n) is 25.8. The van der Waals surface area contributed by atoms with Gasteiger partial charge in [-0.25, -0.2) is 0 Å². The first-order valence-corrected chi connectivity index (χ1v) is 16.1. The molecule has 0 bridgehead atoms. The predicted molar refractivity (Wildman–Crippen MR) is 174 cm³/mol. The Labute approximate surface area is 260 Å². The number of ether oxygens (including phenoxy) is 1. The summed E-state index contributed by atoms with van der Waals surface area (Å²) in [6.07, 6.45) is 9.42. The van der Waals surface area contributed by atoms with E-state index in [-0.39, 0.29) is 13.2 Å². The van der Waals surface area contributed by atoms with Gasteiger partial charge in [0.2, 0.25) is 0 Å². The SMILES string of the molecule is Cc1cc(CNC(=O)c2ccc3c(C4CCCCCC4)c4n(c3c2)CC(C(=O)N2CCOCC2)=Cc2ccccc2-4)nn1C.[HH]. The van der Waals surface area contributed by atoms with Crippen molar-refractivity contribution >= 4 is 28.8 Å². The van der Waals surface area contributed by atoms with Crippen LogP contribution in [-0.2, 0) is 29.7 Å². The van der Waals surface area contributed by atoms with E-state index in [1.807, 2.05) is 41.8 Å². The summed E-state index contributed by atoms with van der Waals surface area (Å²) >= 11 is 0. The average Bonchev–Trinajstić information content (AvgIpc) is 3.31. The minimum Gasteiger partial charge on any atom is -0.378 e. The molecule has 2 aromatic carbocycles. The molecule has 8 heteroatoms. The van der Waals surface area contributed by atoms with Crippen LogP contribution in [0.1, 0.15) is 78.7 Å². The van der Waals surface area contributed by atoms with Gasteiger partial charge in [-0.3, -0.25) is 14.3 Å². The van der Waals surface area contributed by atoms with E-state index in [0.717, 1.165) is 46.4 Å². The fourth-order valence-electron chi connectivity index (χ4n) is 7.29. The lowest BCUT2D eigenvalue weighted by Crippen LogP contribution is -2.41. The molecule has 0 unspecified atom stereocenters. The van der Waals surface area contributed by atoms with Gasteiger partial charge < -0.3 is 19.5 Å². The Bertz CT molecular complexity index is 1740. The van der Waals surface area contributed by atoms with E-state index in [9.17, 15) is 9.59 Å². The molecule has 8 nitrogen and oxygen atoms in total. The summed E-state index contributed by atoms with van der Waals surface area (Å²) in [6.45, 7) is 5.16. The standard InChI is InChI=1S/C36H41N5O3.H2/c1-24-19-29(38-39(24)2)22-37-35(42)27-13-14-31-32(21-27)41-23-28(36(43)40-15-17-44-18-16-40)20-26-11-7-8-12-30(26)34(41)33(31)25-9-5-3-4-6-10-25;/h7-8,11-14,19-21,25H,3-6,9-10,15-18,22-23H2,1-2H3,(H,37,42);1H. The van der Waals surface area contributed by atoms with Gasteiger partial charge in [0.15, 0.2) is 0 Å². The van der Waals surface area contributed by atoms with Crippen LogP contribution in [0.5, 0.6) is 0 Å². The summed E-state index contributed by atoms with van der Waals surface area (Å²) in [4.78, 5) is 29.4. The number of rotatable bonds is 5. The molecule has 230 valence electrons. The second-order valence-corrected chi connectivity index (χ2v) is 12.5. The second kappa shape index (κ2) is 12.1. The molecule has 1 aliphatic carbocycles. The van der Waals surface area contributed by atoms with E-state index < -0.39 is 0 Å². The van der Waals surface area contributed by atoms with Crippen molar-refractivity contribution in [2.45, 2.75) is 64.5 Å². The van der Waals surface area contributed by atoms with Gasteiger partial charge in [-0.15, -0.1) is 0 Å². The van der Waals surface area contributed by atoms with Crippen molar-refractivity contribution in [1.29, 1.82) is 0 Å². The number of fused-ring (bicyclic) bond motifs is 5. The first kappa shape index (κ1) is 28.6. The van der Waals surface area contributed by atoms with Crippen molar-refractivity contribution < 1.29 is 15.8 Å². The van der Waals surface area contributed by atoms with Crippen molar-refractivity contribution in [1.82, 2.24) is 24.6 Å². The van der Waals surface area contributed by atoms with E-state index in [1.165, 1.54) is 42.3 Å². The Balaban J connectivity index is 0.00000357. The molecule has 4 heterocycles. The van der Waals surface area contributed by atoms with Crippen molar-refractivity contribution in [2.75, 3.05) is 26.3 Å². The van der Waals surface area contributed by atoms with Crippen molar-refractivity contribution in [3.8, 4) is 11.3 Å². The van der Waals surface area contributed by atoms with Gasteiger partial charge in [0.1, 0.15) is 0 Å². The average molecular weight is 594 g/mol. The third kappa shape index (κ3) is 5.36. The van der Waals surface area contributed by atoms with Crippen molar-refractivity contribution in [3.05, 3.63) is 82.2 Å². The van der Waals surface area contributed by atoms with Gasteiger partial charge in [-0.1, -0.05) is 56.0 Å². The molecule has 0 atom stereocenters. The van der Waals surface area contributed by atoms with E-state index in [4.69, 9.17) is 4.74 Å². The maximum atomic E-state index is 14.0. The smallest absolute Gasteiger partial charge is 0.251 e. The number of hydrogen-bond donors (Lipinski definition) is 1. The van der Waals surface area contributed by atoms with Gasteiger partial charge in [-0.2, -0.15) is 5.10 Å². The van der Waals surface area contributed by atoms with Crippen LogP contribution < -0.4 is 5.32 Å². The molecule has 1 saturated carbocycles. The second-order valence-electron chi connectivity index (χ2n) is 12.5. The van der Waals surface area contributed by atoms with Gasteiger partial charge in [0, 0.05) is 54.9 Å². The van der Waals surface area contributed by atoms with Crippen LogP contribution in [0.25, 0.3) is 28.2 Å². The Morgan fingerprint density at radius 1 is 1.02 bits per heavy atom. The normalized spacial score (nSPS) is 17.4. The first-order valence-electron chi connectivity index (χ1n) is 16.1. The molecule has 2 aromatic heterocycles. The highest BCUT2D eigenvalue weighted by atomic mass is 16.5. The lowest BCUT2D eigenvalue weighted by atomic mass is 9.87. The number of amides is 2. The van der Waals surface area contributed by atoms with Crippen LogP contribution in [0.15, 0.2) is 54.1 Å². The fourth-order valence-corrected chi connectivity index (χ4v) is 7.29. The van der Waals surface area contributed by atoms with E-state index in [1.54, 1.807) is 0 Å². The van der Waals surface area contributed by atoms with E-state index in [2.05, 4.69) is 51.4 Å². The maximum Gasteiger partial charge on any atom is 0.251 e. The molecular formula is C36H43N5O3. The molecule has 1 N–H and O–H groups in total. The summed E-state index contributed by atoms with van der Waals surface area (Å²) < 4.78 is 9.68. The molecule has 0 spiro atoms. The van der Waals surface area contributed by atoms with Gasteiger partial charge in [0.05, 0.1) is 37.7 Å². The molecule has 44 heavy (non-hydrogen) atoms. The molecule has 4 aromatic rings. The zero-order valence-corrected chi connectivity index (χ0v) is 25.8. The molecule has 7 rings (SSSR count). The molecule has 2 fully saturated rings. The van der Waals surface area contributed by atoms with Crippen molar-refractivity contribution in [3.63, 3.8) is 0 Å². The molecule has 3 aliphatic rings. The van der Waals surface area contributed by atoms with Crippen LogP contribution in [-0.4, -0.2) is 57.4 Å².